The molecule has 1 saturated heterocycles. The summed E-state index contributed by atoms with van der Waals surface area (Å²) in [7, 11) is 0. The van der Waals surface area contributed by atoms with Gasteiger partial charge in [-0.1, -0.05) is 6.92 Å². The summed E-state index contributed by atoms with van der Waals surface area (Å²) in [6, 6.07) is 11.1. The van der Waals surface area contributed by atoms with Gasteiger partial charge in [-0.2, -0.15) is 0 Å². The van der Waals surface area contributed by atoms with Crippen molar-refractivity contribution in [2.45, 2.75) is 33.1 Å². The average molecular weight is 398 g/mol. The highest BCUT2D eigenvalue weighted by molar-refractivity contribution is 5.96. The Morgan fingerprint density at radius 3 is 2.66 bits per heavy atom. The molecular weight excluding hydrogens is 371 g/mol. The lowest BCUT2D eigenvalue weighted by atomic mass is 9.96. The molecule has 0 aliphatic carbocycles. The molecule has 6 heteroatoms. The first kappa shape index (κ1) is 20.8. The number of rotatable bonds is 6. The van der Waals surface area contributed by atoms with E-state index in [-0.39, 0.29) is 23.5 Å². The van der Waals surface area contributed by atoms with Crippen LogP contribution in [0.2, 0.25) is 0 Å². The van der Waals surface area contributed by atoms with Crippen LogP contribution in [0.25, 0.3) is 0 Å². The SMILES string of the molecule is CCCOc1ccc(NC(=O)C2CCCN(C(=O)c3ccc(F)cc3)C2)c(C)c1. The zero-order valence-electron chi connectivity index (χ0n) is 16.9. The largest absolute Gasteiger partial charge is 0.494 e. The molecule has 154 valence electrons. The maximum Gasteiger partial charge on any atom is 0.253 e. The van der Waals surface area contributed by atoms with Crippen LogP contribution in [0.3, 0.4) is 0 Å². The van der Waals surface area contributed by atoms with E-state index in [0.717, 1.165) is 36.3 Å². The average Bonchev–Trinajstić information content (AvgIpc) is 2.74. The Bertz CT molecular complexity index is 867. The first-order valence-corrected chi connectivity index (χ1v) is 10.1. The van der Waals surface area contributed by atoms with Gasteiger partial charge < -0.3 is 15.0 Å². The van der Waals surface area contributed by atoms with Gasteiger partial charge >= 0.3 is 0 Å². The number of hydrogen-bond donors (Lipinski definition) is 1. The number of halogens is 1. The zero-order valence-corrected chi connectivity index (χ0v) is 16.9. The Balaban J connectivity index is 1.62. The molecule has 0 saturated carbocycles. The molecule has 1 N–H and O–H groups in total. The van der Waals surface area contributed by atoms with E-state index in [1.807, 2.05) is 25.1 Å². The van der Waals surface area contributed by atoms with Crippen LogP contribution in [0.15, 0.2) is 42.5 Å². The van der Waals surface area contributed by atoms with E-state index in [2.05, 4.69) is 12.2 Å². The van der Waals surface area contributed by atoms with Crippen LogP contribution in [-0.2, 0) is 4.79 Å². The summed E-state index contributed by atoms with van der Waals surface area (Å²) in [6.45, 7) is 5.60. The second kappa shape index (κ2) is 9.54. The molecule has 0 spiro atoms. The van der Waals surface area contributed by atoms with Crippen molar-refractivity contribution in [2.24, 2.45) is 5.92 Å². The Labute approximate surface area is 170 Å². The molecule has 29 heavy (non-hydrogen) atoms. The van der Waals surface area contributed by atoms with E-state index < -0.39 is 0 Å². The number of carbonyl (C=O) groups excluding carboxylic acids is 2. The van der Waals surface area contributed by atoms with Gasteiger partial charge in [0, 0.05) is 24.3 Å². The lowest BCUT2D eigenvalue weighted by Gasteiger charge is -2.32. The van der Waals surface area contributed by atoms with Gasteiger partial charge in [0.05, 0.1) is 12.5 Å². The molecule has 1 aliphatic heterocycles. The van der Waals surface area contributed by atoms with Crippen molar-refractivity contribution in [3.63, 3.8) is 0 Å². The first-order valence-electron chi connectivity index (χ1n) is 10.1. The zero-order chi connectivity index (χ0) is 20.8. The number of carbonyl (C=O) groups is 2. The number of nitrogens with zero attached hydrogens (tertiary/aromatic N) is 1. The van der Waals surface area contributed by atoms with E-state index >= 15 is 0 Å². The van der Waals surface area contributed by atoms with Crippen molar-refractivity contribution in [1.82, 2.24) is 4.90 Å². The predicted octanol–water partition coefficient (Wildman–Crippen LogP) is 4.41. The summed E-state index contributed by atoms with van der Waals surface area (Å²) < 4.78 is 18.7. The van der Waals surface area contributed by atoms with Crippen LogP contribution in [0.1, 0.15) is 42.1 Å². The number of amides is 2. The van der Waals surface area contributed by atoms with E-state index in [4.69, 9.17) is 4.74 Å². The maximum absolute atomic E-state index is 13.1. The third-order valence-electron chi connectivity index (χ3n) is 5.10. The van der Waals surface area contributed by atoms with Gasteiger partial charge in [0.2, 0.25) is 5.91 Å². The number of piperidine rings is 1. The summed E-state index contributed by atoms with van der Waals surface area (Å²) in [5.74, 6) is -0.123. The van der Waals surface area contributed by atoms with Crippen LogP contribution in [0.4, 0.5) is 10.1 Å². The van der Waals surface area contributed by atoms with E-state index in [1.165, 1.54) is 24.3 Å². The van der Waals surface area contributed by atoms with Crippen LogP contribution in [0.5, 0.6) is 5.75 Å². The predicted molar refractivity (Wildman–Crippen MR) is 111 cm³/mol. The highest BCUT2D eigenvalue weighted by atomic mass is 19.1. The smallest absolute Gasteiger partial charge is 0.253 e. The Hall–Kier alpha value is -2.89. The van der Waals surface area contributed by atoms with Gasteiger partial charge in [0.15, 0.2) is 0 Å². The molecule has 2 aromatic carbocycles. The quantitative estimate of drug-likeness (QED) is 0.784. The van der Waals surface area contributed by atoms with Gasteiger partial charge in [-0.15, -0.1) is 0 Å². The van der Waals surface area contributed by atoms with Crippen LogP contribution >= 0.6 is 0 Å². The van der Waals surface area contributed by atoms with Crippen molar-refractivity contribution >= 4 is 17.5 Å². The van der Waals surface area contributed by atoms with E-state index in [9.17, 15) is 14.0 Å². The number of ether oxygens (including phenoxy) is 1. The number of likely N-dealkylation sites (tertiary alicyclic amines) is 1. The molecule has 1 fully saturated rings. The van der Waals surface area contributed by atoms with Crippen molar-refractivity contribution in [3.8, 4) is 5.75 Å². The number of benzene rings is 2. The monoisotopic (exact) mass is 398 g/mol. The fraction of sp³-hybridized carbons (Fsp3) is 0.391. The third-order valence-corrected chi connectivity index (χ3v) is 5.10. The lowest BCUT2D eigenvalue weighted by molar-refractivity contribution is -0.121. The second-order valence-electron chi connectivity index (χ2n) is 7.41. The molecule has 3 rings (SSSR count). The molecule has 1 heterocycles. The Kier molecular flexibility index (Phi) is 6.86. The normalized spacial score (nSPS) is 16.4. The number of nitrogens with one attached hydrogen (secondary N) is 1. The Morgan fingerprint density at radius 1 is 1.21 bits per heavy atom. The van der Waals surface area contributed by atoms with Crippen molar-refractivity contribution in [3.05, 3.63) is 59.4 Å². The first-order chi connectivity index (χ1) is 14.0. The molecule has 2 aromatic rings. The number of hydrogen-bond acceptors (Lipinski definition) is 3. The summed E-state index contributed by atoms with van der Waals surface area (Å²) in [6.07, 6.45) is 2.43. The van der Waals surface area contributed by atoms with Crippen molar-refractivity contribution < 1.29 is 18.7 Å². The molecule has 1 aliphatic rings. The molecular formula is C23H27FN2O3. The highest BCUT2D eigenvalue weighted by Crippen LogP contribution is 2.24. The minimum atomic E-state index is -0.376. The molecule has 0 aromatic heterocycles. The van der Waals surface area contributed by atoms with Crippen LogP contribution in [-0.4, -0.2) is 36.4 Å². The van der Waals surface area contributed by atoms with Crippen LogP contribution < -0.4 is 10.1 Å². The highest BCUT2D eigenvalue weighted by Gasteiger charge is 2.29. The van der Waals surface area contributed by atoms with Crippen molar-refractivity contribution in [1.29, 1.82) is 0 Å². The molecule has 2 amide bonds. The third kappa shape index (κ3) is 5.34. The summed E-state index contributed by atoms with van der Waals surface area (Å²) >= 11 is 0. The van der Waals surface area contributed by atoms with E-state index in [0.29, 0.717) is 25.3 Å². The molecule has 1 unspecified atom stereocenters. The van der Waals surface area contributed by atoms with Gasteiger partial charge in [0.1, 0.15) is 11.6 Å². The summed E-state index contributed by atoms with van der Waals surface area (Å²) in [5.41, 5.74) is 2.12. The standard InChI is InChI=1S/C23H27FN2O3/c1-3-13-29-20-10-11-21(16(2)14-20)25-22(27)18-5-4-12-26(15-18)23(28)17-6-8-19(24)9-7-17/h6-11,14,18H,3-5,12-13,15H2,1-2H3,(H,25,27). The van der Waals surface area contributed by atoms with Crippen molar-refractivity contribution in [2.75, 3.05) is 25.0 Å². The van der Waals surface area contributed by atoms with Gasteiger partial charge in [0.25, 0.3) is 5.91 Å². The summed E-state index contributed by atoms with van der Waals surface area (Å²) in [5, 5.41) is 2.99. The summed E-state index contributed by atoms with van der Waals surface area (Å²) in [4.78, 5) is 27.1. The Morgan fingerprint density at radius 2 is 1.97 bits per heavy atom. The lowest BCUT2D eigenvalue weighted by Crippen LogP contribution is -2.43. The minimum absolute atomic E-state index is 0.0908. The van der Waals surface area contributed by atoms with Gasteiger partial charge in [-0.05, 0) is 74.2 Å². The maximum atomic E-state index is 13.1. The topological polar surface area (TPSA) is 58.6 Å². The number of anilines is 1. The fourth-order valence-corrected chi connectivity index (χ4v) is 3.47. The van der Waals surface area contributed by atoms with Gasteiger partial charge in [-0.25, -0.2) is 4.39 Å². The van der Waals surface area contributed by atoms with E-state index in [1.54, 1.807) is 4.90 Å². The number of aryl methyl sites for hydroxylation is 1. The van der Waals surface area contributed by atoms with Gasteiger partial charge in [-0.3, -0.25) is 9.59 Å². The minimum Gasteiger partial charge on any atom is -0.494 e. The fourth-order valence-electron chi connectivity index (χ4n) is 3.47. The van der Waals surface area contributed by atoms with Crippen LogP contribution in [0, 0.1) is 18.7 Å². The molecule has 5 nitrogen and oxygen atoms in total. The second-order valence-corrected chi connectivity index (χ2v) is 7.41. The molecule has 0 bridgehead atoms. The molecule has 1 atom stereocenters. The molecule has 0 radical (unpaired) electrons.